The molecule has 48 valence electrons. The maximum Gasteiger partial charge on any atom is 0.0362 e. The minimum atomic E-state index is 0.849. The quantitative estimate of drug-likeness (QED) is 0.413. The molecule has 0 amide bonds. The van der Waals surface area contributed by atoms with Crippen molar-refractivity contribution in [1.29, 1.82) is 0 Å². The van der Waals surface area contributed by atoms with Crippen LogP contribution in [0.1, 0.15) is 13.8 Å². The molecule has 0 saturated carbocycles. The number of nitrogens with zero attached hydrogens (tertiary/aromatic N) is 1. The monoisotopic (exact) mass is 131 g/mol. The second kappa shape index (κ2) is 2.28. The van der Waals surface area contributed by atoms with Crippen LogP contribution in [0.3, 0.4) is 0 Å². The van der Waals surface area contributed by atoms with E-state index in [-0.39, 0.29) is 0 Å². The Morgan fingerprint density at radius 3 is 2.38 bits per heavy atom. The van der Waals surface area contributed by atoms with Gasteiger partial charge in [0.15, 0.2) is 0 Å². The first-order valence-electron chi connectivity index (χ1n) is 3.06. The Hall–Kier alpha value is 0.310. The van der Waals surface area contributed by atoms with Crippen molar-refractivity contribution in [3.8, 4) is 0 Å². The van der Waals surface area contributed by atoms with E-state index in [2.05, 4.69) is 24.4 Å². The van der Waals surface area contributed by atoms with Crippen molar-refractivity contribution in [1.82, 2.24) is 4.31 Å². The Labute approximate surface area is 55.6 Å². The van der Waals surface area contributed by atoms with Crippen LogP contribution in [-0.2, 0) is 0 Å². The lowest BCUT2D eigenvalue weighted by molar-refractivity contribution is 0.583. The molecule has 2 heteroatoms. The summed E-state index contributed by atoms with van der Waals surface area (Å²) in [5.41, 5.74) is 0. The van der Waals surface area contributed by atoms with Crippen LogP contribution < -0.4 is 0 Å². The van der Waals surface area contributed by atoms with Crippen LogP contribution in [0, 0.1) is 5.92 Å². The summed E-state index contributed by atoms with van der Waals surface area (Å²) in [6.07, 6.45) is 2.14. The Morgan fingerprint density at radius 1 is 1.62 bits per heavy atom. The molecule has 1 saturated heterocycles. The molecule has 1 fully saturated rings. The highest BCUT2D eigenvalue weighted by atomic mass is 32.2. The number of hydrogen-bond acceptors (Lipinski definition) is 2. The molecule has 0 spiro atoms. The van der Waals surface area contributed by atoms with E-state index in [4.69, 9.17) is 0 Å². The molecular formula is C6H13NS. The molecular weight excluding hydrogens is 118 g/mol. The van der Waals surface area contributed by atoms with E-state index < -0.39 is 0 Å². The van der Waals surface area contributed by atoms with Crippen LogP contribution in [0.25, 0.3) is 0 Å². The lowest BCUT2D eigenvalue weighted by atomic mass is 10.1. The molecule has 0 aromatic heterocycles. The fourth-order valence-electron chi connectivity index (χ4n) is 0.891. The smallest absolute Gasteiger partial charge is 0.0362 e. The fraction of sp³-hybridized carbons (Fsp3) is 1.00. The van der Waals surface area contributed by atoms with Crippen molar-refractivity contribution in [3.63, 3.8) is 0 Å². The summed E-state index contributed by atoms with van der Waals surface area (Å²) in [4.78, 5) is 0. The molecule has 1 nitrogen and oxygen atoms in total. The zero-order valence-electron chi connectivity index (χ0n) is 5.72. The third kappa shape index (κ3) is 1.17. The van der Waals surface area contributed by atoms with Gasteiger partial charge in [-0.05, 0) is 12.2 Å². The van der Waals surface area contributed by atoms with E-state index in [0.717, 1.165) is 12.0 Å². The van der Waals surface area contributed by atoms with Crippen LogP contribution in [-0.4, -0.2) is 23.1 Å². The predicted octanol–water partition coefficient (Wildman–Crippen LogP) is 1.60. The molecule has 1 rings (SSSR count). The van der Waals surface area contributed by atoms with Gasteiger partial charge in [-0.3, -0.25) is 0 Å². The summed E-state index contributed by atoms with van der Waals surface area (Å²) in [7, 11) is 0. The van der Waals surface area contributed by atoms with Gasteiger partial charge in [0.1, 0.15) is 0 Å². The first-order chi connectivity index (χ1) is 3.75. The molecule has 0 aromatic carbocycles. The van der Waals surface area contributed by atoms with E-state index >= 15 is 0 Å². The van der Waals surface area contributed by atoms with Crippen molar-refractivity contribution in [2.45, 2.75) is 19.9 Å². The Balaban J connectivity index is 2.16. The van der Waals surface area contributed by atoms with E-state index in [1.165, 1.54) is 6.54 Å². The molecule has 0 aliphatic carbocycles. The normalized spacial score (nSPS) is 36.0. The highest BCUT2D eigenvalue weighted by molar-refractivity contribution is 7.96. The molecule has 0 bridgehead atoms. The lowest BCUT2D eigenvalue weighted by Crippen LogP contribution is -2.00. The summed E-state index contributed by atoms with van der Waals surface area (Å²) in [5, 5.41) is 0. The summed E-state index contributed by atoms with van der Waals surface area (Å²) >= 11 is 1.86. The Bertz CT molecular complexity index is 82.6. The van der Waals surface area contributed by atoms with Gasteiger partial charge in [0, 0.05) is 12.6 Å². The summed E-state index contributed by atoms with van der Waals surface area (Å²) in [5.74, 6) is 0.849. The van der Waals surface area contributed by atoms with Gasteiger partial charge in [0.2, 0.25) is 0 Å². The second-order valence-corrected chi connectivity index (χ2v) is 3.43. The molecule has 2 atom stereocenters. The predicted molar refractivity (Wildman–Crippen MR) is 38.8 cm³/mol. The van der Waals surface area contributed by atoms with E-state index in [1.54, 1.807) is 0 Å². The van der Waals surface area contributed by atoms with Gasteiger partial charge < -0.3 is 0 Å². The van der Waals surface area contributed by atoms with E-state index in [1.807, 2.05) is 11.9 Å². The van der Waals surface area contributed by atoms with Gasteiger partial charge in [0.25, 0.3) is 0 Å². The molecule has 1 heterocycles. The molecule has 1 aliphatic rings. The Kier molecular flexibility index (Phi) is 1.83. The minimum absolute atomic E-state index is 0.849. The van der Waals surface area contributed by atoms with Gasteiger partial charge in [-0.1, -0.05) is 25.8 Å². The van der Waals surface area contributed by atoms with Gasteiger partial charge in [-0.15, -0.1) is 0 Å². The van der Waals surface area contributed by atoms with Crippen molar-refractivity contribution in [3.05, 3.63) is 0 Å². The second-order valence-electron chi connectivity index (χ2n) is 2.59. The van der Waals surface area contributed by atoms with Crippen molar-refractivity contribution in [2.75, 3.05) is 12.8 Å². The minimum Gasteiger partial charge on any atom is -0.245 e. The molecule has 0 aromatic rings. The zero-order chi connectivity index (χ0) is 6.15. The first kappa shape index (κ1) is 6.43. The summed E-state index contributed by atoms with van der Waals surface area (Å²) in [6.45, 7) is 5.86. The summed E-state index contributed by atoms with van der Waals surface area (Å²) < 4.78 is 2.41. The van der Waals surface area contributed by atoms with Crippen LogP contribution in [0.4, 0.5) is 0 Å². The van der Waals surface area contributed by atoms with E-state index in [0.29, 0.717) is 0 Å². The SMILES string of the molecule is CSN1CC1C(C)C. The summed E-state index contributed by atoms with van der Waals surface area (Å²) in [6, 6.07) is 0.880. The third-order valence-corrected chi connectivity index (χ3v) is 2.50. The van der Waals surface area contributed by atoms with Gasteiger partial charge in [-0.25, -0.2) is 4.31 Å². The number of hydrogen-bond donors (Lipinski definition) is 0. The maximum atomic E-state index is 2.41. The van der Waals surface area contributed by atoms with Crippen LogP contribution in [0.5, 0.6) is 0 Å². The fourth-order valence-corrected chi connectivity index (χ4v) is 1.71. The third-order valence-electron chi connectivity index (χ3n) is 1.61. The molecule has 0 radical (unpaired) electrons. The van der Waals surface area contributed by atoms with Crippen LogP contribution in [0.15, 0.2) is 0 Å². The highest BCUT2D eigenvalue weighted by Gasteiger charge is 2.35. The average Bonchev–Trinajstić information content (AvgIpc) is 2.42. The van der Waals surface area contributed by atoms with Crippen LogP contribution >= 0.6 is 11.9 Å². The molecule has 1 aliphatic heterocycles. The van der Waals surface area contributed by atoms with Crippen LogP contribution in [0.2, 0.25) is 0 Å². The molecule has 8 heavy (non-hydrogen) atoms. The van der Waals surface area contributed by atoms with Crippen molar-refractivity contribution >= 4 is 11.9 Å². The van der Waals surface area contributed by atoms with E-state index in [9.17, 15) is 0 Å². The van der Waals surface area contributed by atoms with Crippen molar-refractivity contribution < 1.29 is 0 Å². The largest absolute Gasteiger partial charge is 0.245 e. The molecule has 0 N–H and O–H groups in total. The van der Waals surface area contributed by atoms with Gasteiger partial charge in [0.05, 0.1) is 0 Å². The van der Waals surface area contributed by atoms with Gasteiger partial charge >= 0.3 is 0 Å². The highest BCUT2D eigenvalue weighted by Crippen LogP contribution is 2.30. The average molecular weight is 131 g/mol. The number of rotatable bonds is 2. The topological polar surface area (TPSA) is 3.01 Å². The Morgan fingerprint density at radius 2 is 2.25 bits per heavy atom. The first-order valence-corrected chi connectivity index (χ1v) is 4.24. The zero-order valence-corrected chi connectivity index (χ0v) is 6.53. The van der Waals surface area contributed by atoms with Gasteiger partial charge in [-0.2, -0.15) is 0 Å². The lowest BCUT2D eigenvalue weighted by Gasteiger charge is -1.99. The maximum absolute atomic E-state index is 2.41. The van der Waals surface area contributed by atoms with Crippen molar-refractivity contribution in [2.24, 2.45) is 5.92 Å². The molecule has 2 unspecified atom stereocenters. The standard InChI is InChI=1S/C6H13NS/c1-5(2)6-4-7(6)8-3/h5-6H,4H2,1-3H3.